The number of piperidine rings is 1. The zero-order valence-electron chi connectivity index (χ0n) is 11.2. The molecule has 0 spiro atoms. The van der Waals surface area contributed by atoms with Crippen LogP contribution in [0.4, 0.5) is 0 Å². The summed E-state index contributed by atoms with van der Waals surface area (Å²) in [5, 5.41) is 6.25. The molecule has 1 heterocycles. The van der Waals surface area contributed by atoms with Crippen molar-refractivity contribution >= 4 is 18.3 Å². The van der Waals surface area contributed by atoms with Crippen molar-refractivity contribution in [1.29, 1.82) is 0 Å². The number of halogens is 1. The fourth-order valence-electron chi connectivity index (χ4n) is 1.96. The first-order chi connectivity index (χ1) is 7.61. The van der Waals surface area contributed by atoms with Gasteiger partial charge in [0.25, 0.3) is 0 Å². The Kier molecular flexibility index (Phi) is 8.56. The molecule has 0 aromatic carbocycles. The van der Waals surface area contributed by atoms with E-state index in [0.717, 1.165) is 32.5 Å². The van der Waals surface area contributed by atoms with Crippen molar-refractivity contribution in [2.75, 3.05) is 33.2 Å². The quantitative estimate of drug-likeness (QED) is 0.774. The predicted molar refractivity (Wildman–Crippen MR) is 73.6 cm³/mol. The molecule has 0 aromatic rings. The number of rotatable bonds is 5. The Bertz CT molecular complexity index is 216. The highest BCUT2D eigenvalue weighted by atomic mass is 35.5. The van der Waals surface area contributed by atoms with Crippen molar-refractivity contribution < 1.29 is 4.79 Å². The molecular weight excluding hydrogens is 238 g/mol. The van der Waals surface area contributed by atoms with Crippen LogP contribution < -0.4 is 10.6 Å². The first-order valence-electron chi connectivity index (χ1n) is 6.28. The Hall–Kier alpha value is -0.320. The maximum Gasteiger partial charge on any atom is 0.234 e. The van der Waals surface area contributed by atoms with Crippen LogP contribution in [0.25, 0.3) is 0 Å². The van der Waals surface area contributed by atoms with E-state index >= 15 is 0 Å². The molecule has 1 saturated heterocycles. The van der Waals surface area contributed by atoms with Gasteiger partial charge in [-0.05, 0) is 25.8 Å². The molecule has 0 saturated carbocycles. The van der Waals surface area contributed by atoms with Crippen LogP contribution in [0.1, 0.15) is 26.7 Å². The average Bonchev–Trinajstić information content (AvgIpc) is 2.27. The number of hydrogen-bond donors (Lipinski definition) is 2. The van der Waals surface area contributed by atoms with E-state index in [1.54, 1.807) is 0 Å². The summed E-state index contributed by atoms with van der Waals surface area (Å²) >= 11 is 0. The Balaban J connectivity index is 0.00000256. The minimum Gasteiger partial charge on any atom is -0.355 e. The lowest BCUT2D eigenvalue weighted by molar-refractivity contribution is -0.122. The third-order valence-electron chi connectivity index (χ3n) is 3.07. The van der Waals surface area contributed by atoms with Gasteiger partial charge >= 0.3 is 0 Å². The van der Waals surface area contributed by atoms with Crippen LogP contribution >= 0.6 is 12.4 Å². The molecule has 1 aliphatic rings. The van der Waals surface area contributed by atoms with Crippen LogP contribution in [0.5, 0.6) is 0 Å². The lowest BCUT2D eigenvalue weighted by atomic mass is 10.1. The van der Waals surface area contributed by atoms with Gasteiger partial charge in [0, 0.05) is 25.7 Å². The molecule has 2 N–H and O–H groups in total. The van der Waals surface area contributed by atoms with Gasteiger partial charge in [-0.1, -0.05) is 13.8 Å². The molecule has 0 atom stereocenters. The van der Waals surface area contributed by atoms with E-state index in [4.69, 9.17) is 0 Å². The zero-order valence-corrected chi connectivity index (χ0v) is 12.0. The lowest BCUT2D eigenvalue weighted by Crippen LogP contribution is -2.45. The SMILES string of the molecule is CNC1CCN(CC(=O)NCC(C)C)CC1.Cl. The van der Waals surface area contributed by atoms with E-state index in [1.165, 1.54) is 0 Å². The number of hydrogen-bond acceptors (Lipinski definition) is 3. The molecule has 4 nitrogen and oxygen atoms in total. The number of nitrogens with one attached hydrogen (secondary N) is 2. The smallest absolute Gasteiger partial charge is 0.234 e. The maximum absolute atomic E-state index is 11.6. The van der Waals surface area contributed by atoms with Crippen LogP contribution in [-0.2, 0) is 4.79 Å². The molecule has 1 rings (SSSR count). The molecule has 1 fully saturated rings. The van der Waals surface area contributed by atoms with Gasteiger partial charge in [0.1, 0.15) is 0 Å². The Morgan fingerprint density at radius 3 is 2.41 bits per heavy atom. The molecular formula is C12H26ClN3O. The van der Waals surface area contributed by atoms with Gasteiger partial charge in [-0.25, -0.2) is 0 Å². The highest BCUT2D eigenvalue weighted by Crippen LogP contribution is 2.08. The molecule has 0 radical (unpaired) electrons. The predicted octanol–water partition coefficient (Wildman–Crippen LogP) is 0.864. The number of amides is 1. The summed E-state index contributed by atoms with van der Waals surface area (Å²) in [6, 6.07) is 0.634. The molecule has 0 aromatic heterocycles. The van der Waals surface area contributed by atoms with Crippen molar-refractivity contribution in [3.63, 3.8) is 0 Å². The summed E-state index contributed by atoms with van der Waals surface area (Å²) in [4.78, 5) is 13.8. The average molecular weight is 264 g/mol. The Labute approximate surface area is 111 Å². The molecule has 5 heteroatoms. The minimum atomic E-state index is 0. The largest absolute Gasteiger partial charge is 0.355 e. The van der Waals surface area contributed by atoms with Gasteiger partial charge < -0.3 is 10.6 Å². The second kappa shape index (κ2) is 8.72. The van der Waals surface area contributed by atoms with Crippen molar-refractivity contribution in [3.8, 4) is 0 Å². The molecule has 0 bridgehead atoms. The van der Waals surface area contributed by atoms with Gasteiger partial charge in [0.05, 0.1) is 6.54 Å². The monoisotopic (exact) mass is 263 g/mol. The van der Waals surface area contributed by atoms with Gasteiger partial charge in [-0.3, -0.25) is 9.69 Å². The van der Waals surface area contributed by atoms with Gasteiger partial charge in [-0.15, -0.1) is 12.4 Å². The standard InChI is InChI=1S/C12H25N3O.ClH/c1-10(2)8-14-12(16)9-15-6-4-11(13-3)5-7-15;/h10-11,13H,4-9H2,1-3H3,(H,14,16);1H. The van der Waals surface area contributed by atoms with Gasteiger partial charge in [0.2, 0.25) is 5.91 Å². The van der Waals surface area contributed by atoms with Gasteiger partial charge in [-0.2, -0.15) is 0 Å². The fourth-order valence-corrected chi connectivity index (χ4v) is 1.96. The normalized spacial score (nSPS) is 17.9. The maximum atomic E-state index is 11.6. The third-order valence-corrected chi connectivity index (χ3v) is 3.07. The number of carbonyl (C=O) groups excluding carboxylic acids is 1. The third kappa shape index (κ3) is 6.86. The molecule has 102 valence electrons. The van der Waals surface area contributed by atoms with Gasteiger partial charge in [0.15, 0.2) is 0 Å². The van der Waals surface area contributed by atoms with Crippen molar-refractivity contribution in [3.05, 3.63) is 0 Å². The topological polar surface area (TPSA) is 44.4 Å². The van der Waals surface area contributed by atoms with Crippen LogP contribution in [0, 0.1) is 5.92 Å². The first-order valence-corrected chi connectivity index (χ1v) is 6.28. The molecule has 0 aliphatic carbocycles. The van der Waals surface area contributed by atoms with E-state index in [1.807, 2.05) is 7.05 Å². The number of nitrogens with zero attached hydrogens (tertiary/aromatic N) is 1. The molecule has 17 heavy (non-hydrogen) atoms. The van der Waals surface area contributed by atoms with E-state index in [9.17, 15) is 4.79 Å². The second-order valence-electron chi connectivity index (χ2n) is 5.04. The number of likely N-dealkylation sites (tertiary alicyclic amines) is 1. The van der Waals surface area contributed by atoms with E-state index < -0.39 is 0 Å². The first kappa shape index (κ1) is 16.7. The summed E-state index contributed by atoms with van der Waals surface area (Å²) in [7, 11) is 2.01. The molecule has 1 amide bonds. The zero-order chi connectivity index (χ0) is 12.0. The minimum absolute atomic E-state index is 0. The summed E-state index contributed by atoms with van der Waals surface area (Å²) in [5.74, 6) is 0.690. The van der Waals surface area contributed by atoms with Crippen LogP contribution in [-0.4, -0.2) is 50.1 Å². The van der Waals surface area contributed by atoms with E-state index in [2.05, 4.69) is 29.4 Å². The van der Waals surface area contributed by atoms with Crippen LogP contribution in [0.3, 0.4) is 0 Å². The molecule has 0 unspecified atom stereocenters. The number of carbonyl (C=O) groups is 1. The van der Waals surface area contributed by atoms with Crippen LogP contribution in [0.2, 0.25) is 0 Å². The summed E-state index contributed by atoms with van der Waals surface area (Å²) < 4.78 is 0. The fraction of sp³-hybridized carbons (Fsp3) is 0.917. The second-order valence-corrected chi connectivity index (χ2v) is 5.04. The molecule has 1 aliphatic heterocycles. The summed E-state index contributed by atoms with van der Waals surface area (Å²) in [6.07, 6.45) is 2.29. The highest BCUT2D eigenvalue weighted by Gasteiger charge is 2.19. The Morgan fingerprint density at radius 1 is 1.35 bits per heavy atom. The summed E-state index contributed by atoms with van der Waals surface area (Å²) in [5.41, 5.74) is 0. The van der Waals surface area contributed by atoms with Crippen molar-refractivity contribution in [1.82, 2.24) is 15.5 Å². The van der Waals surface area contributed by atoms with E-state index in [0.29, 0.717) is 18.5 Å². The van der Waals surface area contributed by atoms with E-state index in [-0.39, 0.29) is 18.3 Å². The van der Waals surface area contributed by atoms with Crippen molar-refractivity contribution in [2.45, 2.75) is 32.7 Å². The van der Waals surface area contributed by atoms with Crippen LogP contribution in [0.15, 0.2) is 0 Å². The highest BCUT2D eigenvalue weighted by molar-refractivity contribution is 5.85. The summed E-state index contributed by atoms with van der Waals surface area (Å²) in [6.45, 7) is 7.62. The Morgan fingerprint density at radius 2 is 1.94 bits per heavy atom. The lowest BCUT2D eigenvalue weighted by Gasteiger charge is -2.31. The van der Waals surface area contributed by atoms with Crippen molar-refractivity contribution in [2.24, 2.45) is 5.92 Å².